The molecule has 95 heavy (non-hydrogen) atoms. The van der Waals surface area contributed by atoms with Crippen LogP contribution in [0.3, 0.4) is 0 Å². The van der Waals surface area contributed by atoms with Crippen molar-refractivity contribution in [1.82, 2.24) is 24.9 Å². The summed E-state index contributed by atoms with van der Waals surface area (Å²) in [6, 6.07) is 47.9. The van der Waals surface area contributed by atoms with Gasteiger partial charge in [0.15, 0.2) is 12.0 Å². The molecule has 0 spiro atoms. The second kappa shape index (κ2) is 56.8. The molecule has 538 valence electrons. The van der Waals surface area contributed by atoms with Crippen molar-refractivity contribution in [1.29, 1.82) is 0 Å². The Kier molecular flexibility index (Phi) is 61.2. The number of rotatable bonds is 0. The molecule has 5 aromatic carbocycles. The van der Waals surface area contributed by atoms with Gasteiger partial charge in [0, 0.05) is 39.7 Å². The quantitative estimate of drug-likeness (QED) is 0.149. The molecule has 7 nitrogen and oxygen atoms in total. The number of aromatic nitrogens is 5. The average Bonchev–Trinajstić information content (AvgIpc) is 1.81. The molecule has 10 aromatic rings. The Hall–Kier alpha value is -6.29. The molecular weight excluding hydrogens is 1200 g/mol. The molecule has 0 aliphatic rings. The van der Waals surface area contributed by atoms with Crippen LogP contribution in [-0.2, 0) is 27.1 Å². The Bertz CT molecular complexity index is 2860. The minimum Gasteiger partial charge on any atom is -0.452 e. The lowest BCUT2D eigenvalue weighted by molar-refractivity contribution is 0.411. The molecule has 5 heterocycles. The summed E-state index contributed by atoms with van der Waals surface area (Å²) in [6.07, 6.45) is 8.07. The van der Waals surface area contributed by atoms with Gasteiger partial charge in [0.05, 0.1) is 26.9 Å². The fourth-order valence-electron chi connectivity index (χ4n) is 6.14. The molecule has 0 unspecified atom stereocenters. The van der Waals surface area contributed by atoms with Gasteiger partial charge in [-0.25, -0.2) is 15.0 Å². The number of thiazole rings is 2. The molecule has 0 amide bonds. The zero-order valence-electron chi connectivity index (χ0n) is 67.2. The summed E-state index contributed by atoms with van der Waals surface area (Å²) in [5, 5.41) is 5.80. The summed E-state index contributed by atoms with van der Waals surface area (Å²) in [6.45, 7) is 78.3. The van der Waals surface area contributed by atoms with E-state index >= 15 is 0 Å². The fourth-order valence-corrected chi connectivity index (χ4v) is 7.51. The van der Waals surface area contributed by atoms with Gasteiger partial charge in [-0.1, -0.05) is 367 Å². The Morgan fingerprint density at radius 1 is 0.368 bits per heavy atom. The molecule has 0 aliphatic carbocycles. The molecule has 0 radical (unpaired) electrons. The van der Waals surface area contributed by atoms with Crippen LogP contribution < -0.4 is 0 Å². The van der Waals surface area contributed by atoms with Crippen molar-refractivity contribution in [3.8, 4) is 0 Å². The van der Waals surface area contributed by atoms with Gasteiger partial charge in [0.1, 0.15) is 11.8 Å². The molecule has 0 saturated carbocycles. The largest absolute Gasteiger partial charge is 0.452 e. The highest BCUT2D eigenvalue weighted by Crippen LogP contribution is 2.31. The Morgan fingerprint density at radius 2 is 0.821 bits per heavy atom. The summed E-state index contributed by atoms with van der Waals surface area (Å²) < 4.78 is 11.4. The average molecular weight is 1350 g/mol. The van der Waals surface area contributed by atoms with Crippen molar-refractivity contribution in [3.63, 3.8) is 0 Å². The van der Waals surface area contributed by atoms with E-state index in [0.717, 1.165) is 28.2 Å². The zero-order chi connectivity index (χ0) is 74.4. The second-order valence-corrected chi connectivity index (χ2v) is 29.5. The molecule has 0 saturated heterocycles. The maximum Gasteiger partial charge on any atom is 0.200 e. The summed E-state index contributed by atoms with van der Waals surface area (Å²) in [4.78, 5) is 20.6. The maximum absolute atomic E-state index is 5.62. The first-order valence-corrected chi connectivity index (χ1v) is 36.5. The summed E-state index contributed by atoms with van der Waals surface area (Å²) >= 11 is 3.39. The van der Waals surface area contributed by atoms with E-state index < -0.39 is 0 Å². The van der Waals surface area contributed by atoms with Crippen molar-refractivity contribution < 1.29 is 8.83 Å². The smallest absolute Gasteiger partial charge is 0.200 e. The van der Waals surface area contributed by atoms with E-state index in [9.17, 15) is 0 Å². The summed E-state index contributed by atoms with van der Waals surface area (Å²) in [5.41, 5.74) is 10.5. The van der Waals surface area contributed by atoms with E-state index in [1.807, 2.05) is 151 Å². The molecular formula is C86H145N5O2S2. The number of pyridine rings is 1. The third kappa shape index (κ3) is 55.5. The van der Waals surface area contributed by atoms with Crippen LogP contribution in [0.25, 0.3) is 32.1 Å². The number of hydrogen-bond donors (Lipinski definition) is 0. The maximum atomic E-state index is 5.62. The minimum atomic E-state index is -0.0149. The monoisotopic (exact) mass is 1340 g/mol. The summed E-state index contributed by atoms with van der Waals surface area (Å²) in [5.74, 6) is 0.800. The third-order valence-corrected chi connectivity index (χ3v) is 12.2. The van der Waals surface area contributed by atoms with Gasteiger partial charge in [-0.05, 0) is 80.0 Å². The van der Waals surface area contributed by atoms with Gasteiger partial charge in [-0.2, -0.15) is 0 Å². The fraction of sp³-hybridized carbons (Fsp3) is 0.523. The number of para-hydroxylation sites is 3. The lowest BCUT2D eigenvalue weighted by atomic mass is 9.86. The van der Waals surface area contributed by atoms with Crippen LogP contribution in [-0.4, -0.2) is 24.9 Å². The predicted molar refractivity (Wildman–Crippen MR) is 437 cm³/mol. The van der Waals surface area contributed by atoms with Crippen LogP contribution in [0.1, 0.15) is 291 Å². The van der Waals surface area contributed by atoms with Gasteiger partial charge in [-0.15, -0.1) is 22.7 Å². The molecule has 9 heteroatoms. The van der Waals surface area contributed by atoms with Crippen LogP contribution in [0.15, 0.2) is 190 Å². The van der Waals surface area contributed by atoms with Crippen molar-refractivity contribution >= 4 is 54.8 Å². The van der Waals surface area contributed by atoms with Crippen LogP contribution in [0.2, 0.25) is 0 Å². The standard InChI is InChI=1S/C14H16.C11H13NO.C11H13NS.C10H14.C9H13N.2C5H12.C3H3NO.C3H3NS.7C2H6.CH4/c1-14(2,3)13-9-8-11-6-4-5-7-12(11)10-13;2*1-11(2,3)10-12-8-6-4-5-7-9(8)13-10;1-10(2,3)9-7-5-4-6-8-9;1-9(2,3)8-6-4-5-7-10-8;2*1-5(2,3)4;2*1-2-5-3-4-1;7*1-2;/h4-10H,1-3H3;2*4-7H,1-3H3;4-8H,1-3H3;4-7H,1-3H3;2*1-4H3;2*1-3H;7*1-2H3;1H4. The topological polar surface area (TPSA) is 90.7 Å². The molecule has 0 bridgehead atoms. The first-order chi connectivity index (χ1) is 43.9. The molecule has 0 N–H and O–H groups in total. The van der Waals surface area contributed by atoms with E-state index in [4.69, 9.17) is 4.42 Å². The highest BCUT2D eigenvalue weighted by atomic mass is 32.1. The van der Waals surface area contributed by atoms with Crippen molar-refractivity contribution in [2.24, 2.45) is 10.8 Å². The number of oxazole rings is 2. The lowest BCUT2D eigenvalue weighted by Crippen LogP contribution is -2.12. The summed E-state index contributed by atoms with van der Waals surface area (Å²) in [7, 11) is 0. The molecule has 5 aromatic heterocycles. The number of hydrogen-bond acceptors (Lipinski definition) is 9. The van der Waals surface area contributed by atoms with E-state index in [2.05, 4.69) is 286 Å². The number of benzene rings is 5. The van der Waals surface area contributed by atoms with Crippen molar-refractivity contribution in [2.45, 2.75) is 291 Å². The number of fused-ring (bicyclic) bond motifs is 3. The van der Waals surface area contributed by atoms with Crippen LogP contribution in [0, 0.1) is 10.8 Å². The molecule has 0 atom stereocenters. The van der Waals surface area contributed by atoms with Gasteiger partial charge < -0.3 is 8.83 Å². The van der Waals surface area contributed by atoms with Crippen molar-refractivity contribution in [2.75, 3.05) is 0 Å². The van der Waals surface area contributed by atoms with Gasteiger partial charge >= 0.3 is 0 Å². The van der Waals surface area contributed by atoms with Gasteiger partial charge in [0.25, 0.3) is 0 Å². The zero-order valence-corrected chi connectivity index (χ0v) is 68.8. The van der Waals surface area contributed by atoms with Crippen molar-refractivity contribution in [3.05, 3.63) is 209 Å². The Morgan fingerprint density at radius 3 is 1.16 bits per heavy atom. The SMILES string of the molecule is C.CC.CC.CC.CC.CC.CC.CC.CC(C)(C)C.CC(C)(C)C.CC(C)(C)c1ccc2ccccc2c1.CC(C)(C)c1ccccc1.CC(C)(C)c1ccccn1.CC(C)(C)c1nc2ccccc2o1.CC(C)(C)c1nc2ccccc2s1.c1cocn1.c1cscn1. The van der Waals surface area contributed by atoms with Gasteiger partial charge in [0.2, 0.25) is 5.89 Å². The second-order valence-electron chi connectivity index (χ2n) is 27.7. The van der Waals surface area contributed by atoms with E-state index in [-0.39, 0.29) is 29.1 Å². The van der Waals surface area contributed by atoms with Gasteiger partial charge in [-0.3, -0.25) is 9.97 Å². The Balaban J connectivity index is -0.000000183. The predicted octanol–water partition coefficient (Wildman–Crippen LogP) is 30.0. The molecule has 10 rings (SSSR count). The third-order valence-electron chi connectivity index (χ3n) is 10.3. The van der Waals surface area contributed by atoms with E-state index in [0.29, 0.717) is 16.2 Å². The van der Waals surface area contributed by atoms with Crippen LogP contribution >= 0.6 is 22.7 Å². The highest BCUT2D eigenvalue weighted by molar-refractivity contribution is 7.18. The van der Waals surface area contributed by atoms with Crippen LogP contribution in [0.5, 0.6) is 0 Å². The minimum absolute atomic E-state index is 0. The first kappa shape index (κ1) is 102. The molecule has 0 aliphatic heterocycles. The molecule has 0 fully saturated rings. The normalized spacial score (nSPS) is 10.1. The van der Waals surface area contributed by atoms with Crippen LogP contribution in [0.4, 0.5) is 0 Å². The highest BCUT2D eigenvalue weighted by Gasteiger charge is 2.21. The Labute approximate surface area is 595 Å². The lowest BCUT2D eigenvalue weighted by Gasteiger charge is -2.19. The number of nitrogens with zero attached hydrogens (tertiary/aromatic N) is 5. The first-order valence-electron chi connectivity index (χ1n) is 34.8. The van der Waals surface area contributed by atoms with E-state index in [1.165, 1.54) is 44.3 Å². The van der Waals surface area contributed by atoms with E-state index in [1.54, 1.807) is 40.6 Å².